The van der Waals surface area contributed by atoms with Gasteiger partial charge in [-0.2, -0.15) is 5.10 Å². The number of halogens is 1. The summed E-state index contributed by atoms with van der Waals surface area (Å²) in [5, 5.41) is 7.99. The topological polar surface area (TPSA) is 29.9 Å². The number of aryl methyl sites for hydroxylation is 2. The lowest BCUT2D eigenvalue weighted by Gasteiger charge is -2.18. The van der Waals surface area contributed by atoms with Crippen LogP contribution in [0, 0.1) is 6.92 Å². The zero-order valence-electron chi connectivity index (χ0n) is 11.7. The molecule has 0 aliphatic rings. The van der Waals surface area contributed by atoms with Crippen LogP contribution in [0.2, 0.25) is 0 Å². The molecule has 102 valence electrons. The molecule has 2 rings (SSSR count). The Balaban J connectivity index is 2.23. The fraction of sp³-hybridized carbons (Fsp3) is 0.400. The lowest BCUT2D eigenvalue weighted by atomic mass is 10.0. The summed E-state index contributed by atoms with van der Waals surface area (Å²) in [5.41, 5.74) is 3.62. The first-order chi connectivity index (χ1) is 9.10. The van der Waals surface area contributed by atoms with Gasteiger partial charge in [-0.05, 0) is 43.7 Å². The molecule has 0 saturated carbocycles. The van der Waals surface area contributed by atoms with Crippen LogP contribution in [0.5, 0.6) is 0 Å². The van der Waals surface area contributed by atoms with E-state index in [0.29, 0.717) is 6.04 Å². The third-order valence-corrected chi connectivity index (χ3v) is 3.67. The number of rotatable bonds is 5. The first kappa shape index (κ1) is 14.3. The lowest BCUT2D eigenvalue weighted by Crippen LogP contribution is -2.25. The van der Waals surface area contributed by atoms with Gasteiger partial charge in [0.05, 0.1) is 17.4 Å². The van der Waals surface area contributed by atoms with Crippen LogP contribution in [0.1, 0.15) is 29.9 Å². The van der Waals surface area contributed by atoms with Crippen molar-refractivity contribution >= 4 is 15.9 Å². The van der Waals surface area contributed by atoms with Crippen LogP contribution in [0.4, 0.5) is 0 Å². The molecule has 0 amide bonds. The quantitative estimate of drug-likeness (QED) is 0.914. The van der Waals surface area contributed by atoms with E-state index in [4.69, 9.17) is 0 Å². The number of hydrogen-bond acceptors (Lipinski definition) is 2. The Kier molecular flexibility index (Phi) is 4.77. The van der Waals surface area contributed by atoms with E-state index in [0.717, 1.165) is 23.1 Å². The van der Waals surface area contributed by atoms with Crippen molar-refractivity contribution in [3.63, 3.8) is 0 Å². The molecule has 0 aliphatic carbocycles. The van der Waals surface area contributed by atoms with E-state index in [2.05, 4.69) is 63.6 Å². The summed E-state index contributed by atoms with van der Waals surface area (Å²) in [7, 11) is 2.01. The molecule has 0 radical (unpaired) electrons. The van der Waals surface area contributed by atoms with E-state index < -0.39 is 0 Å². The van der Waals surface area contributed by atoms with E-state index in [1.54, 1.807) is 0 Å². The summed E-state index contributed by atoms with van der Waals surface area (Å²) in [6.45, 7) is 5.12. The molecule has 1 heterocycles. The molecule has 0 fully saturated rings. The molecular formula is C15H20BrN3. The lowest BCUT2D eigenvalue weighted by molar-refractivity contribution is 0.507. The smallest absolute Gasteiger partial charge is 0.0597 e. The van der Waals surface area contributed by atoms with Gasteiger partial charge in [0.2, 0.25) is 0 Å². The molecule has 1 aromatic heterocycles. The average molecular weight is 322 g/mol. The maximum atomic E-state index is 4.44. The monoisotopic (exact) mass is 321 g/mol. The highest BCUT2D eigenvalue weighted by Crippen LogP contribution is 2.21. The molecule has 1 N–H and O–H groups in total. The van der Waals surface area contributed by atoms with Crippen molar-refractivity contribution in [1.82, 2.24) is 15.1 Å². The van der Waals surface area contributed by atoms with Crippen LogP contribution in [0.3, 0.4) is 0 Å². The van der Waals surface area contributed by atoms with E-state index in [1.165, 1.54) is 11.3 Å². The maximum Gasteiger partial charge on any atom is 0.0597 e. The van der Waals surface area contributed by atoms with Crippen LogP contribution in [-0.4, -0.2) is 16.3 Å². The summed E-state index contributed by atoms with van der Waals surface area (Å²) in [6, 6.07) is 10.9. The Morgan fingerprint density at radius 2 is 2.16 bits per heavy atom. The Bertz CT molecular complexity index is 548. The molecule has 0 aliphatic heterocycles. The predicted molar refractivity (Wildman–Crippen MR) is 82.2 cm³/mol. The van der Waals surface area contributed by atoms with E-state index in [9.17, 15) is 0 Å². The molecule has 4 heteroatoms. The standard InChI is InChI=1S/C15H20BrN3/c1-4-17-14(15-8-11(2)18-19(15)3)10-12-6-5-7-13(16)9-12/h5-9,14,17H,4,10H2,1-3H3. The van der Waals surface area contributed by atoms with Crippen LogP contribution in [0.25, 0.3) is 0 Å². The van der Waals surface area contributed by atoms with Crippen molar-refractivity contribution in [3.05, 3.63) is 51.8 Å². The third kappa shape index (κ3) is 3.67. The highest BCUT2D eigenvalue weighted by molar-refractivity contribution is 9.10. The highest BCUT2D eigenvalue weighted by Gasteiger charge is 2.15. The van der Waals surface area contributed by atoms with Crippen LogP contribution in [0.15, 0.2) is 34.8 Å². The Labute approximate surface area is 123 Å². The van der Waals surface area contributed by atoms with E-state index >= 15 is 0 Å². The van der Waals surface area contributed by atoms with Crippen molar-refractivity contribution in [2.75, 3.05) is 6.54 Å². The Morgan fingerprint density at radius 3 is 2.74 bits per heavy atom. The second kappa shape index (κ2) is 6.35. The minimum atomic E-state index is 0.297. The largest absolute Gasteiger partial charge is 0.309 e. The molecule has 0 saturated heterocycles. The molecule has 0 bridgehead atoms. The first-order valence-corrected chi connectivity index (χ1v) is 7.37. The summed E-state index contributed by atoms with van der Waals surface area (Å²) >= 11 is 3.53. The van der Waals surface area contributed by atoms with Gasteiger partial charge in [-0.25, -0.2) is 0 Å². The summed E-state index contributed by atoms with van der Waals surface area (Å²) in [4.78, 5) is 0. The second-order valence-electron chi connectivity index (χ2n) is 4.78. The van der Waals surface area contributed by atoms with Gasteiger partial charge >= 0.3 is 0 Å². The number of likely N-dealkylation sites (N-methyl/N-ethyl adjacent to an activating group) is 1. The van der Waals surface area contributed by atoms with Crippen molar-refractivity contribution in [2.45, 2.75) is 26.3 Å². The van der Waals surface area contributed by atoms with E-state index in [1.807, 2.05) is 18.7 Å². The first-order valence-electron chi connectivity index (χ1n) is 6.58. The SMILES string of the molecule is CCNC(Cc1cccc(Br)c1)c1cc(C)nn1C. The number of aromatic nitrogens is 2. The molecule has 1 atom stereocenters. The number of nitrogens with zero attached hydrogens (tertiary/aromatic N) is 2. The molecular weight excluding hydrogens is 302 g/mol. The van der Waals surface area contributed by atoms with Gasteiger partial charge in [0.1, 0.15) is 0 Å². The molecule has 1 unspecified atom stereocenters. The average Bonchev–Trinajstić information content (AvgIpc) is 2.68. The minimum absolute atomic E-state index is 0.297. The van der Waals surface area contributed by atoms with Gasteiger partial charge in [-0.3, -0.25) is 4.68 Å². The fourth-order valence-electron chi connectivity index (χ4n) is 2.38. The minimum Gasteiger partial charge on any atom is -0.309 e. The van der Waals surface area contributed by atoms with Crippen molar-refractivity contribution < 1.29 is 0 Å². The van der Waals surface area contributed by atoms with Gasteiger partial charge in [0.25, 0.3) is 0 Å². The molecule has 1 aromatic carbocycles. The van der Waals surface area contributed by atoms with E-state index in [-0.39, 0.29) is 0 Å². The predicted octanol–water partition coefficient (Wildman–Crippen LogP) is 3.38. The number of hydrogen-bond donors (Lipinski definition) is 1. The van der Waals surface area contributed by atoms with Crippen LogP contribution < -0.4 is 5.32 Å². The summed E-state index contributed by atoms with van der Waals surface area (Å²) < 4.78 is 3.10. The van der Waals surface area contributed by atoms with Crippen molar-refractivity contribution in [1.29, 1.82) is 0 Å². The molecule has 2 aromatic rings. The number of benzene rings is 1. The summed E-state index contributed by atoms with van der Waals surface area (Å²) in [6.07, 6.45) is 0.965. The van der Waals surface area contributed by atoms with Gasteiger partial charge in [-0.1, -0.05) is 35.0 Å². The molecule has 0 spiro atoms. The fourth-order valence-corrected chi connectivity index (χ4v) is 2.83. The Hall–Kier alpha value is -1.13. The zero-order chi connectivity index (χ0) is 13.8. The van der Waals surface area contributed by atoms with Crippen LogP contribution in [-0.2, 0) is 13.5 Å². The zero-order valence-corrected chi connectivity index (χ0v) is 13.2. The normalized spacial score (nSPS) is 12.6. The van der Waals surface area contributed by atoms with Gasteiger partial charge in [0.15, 0.2) is 0 Å². The van der Waals surface area contributed by atoms with Gasteiger partial charge in [0, 0.05) is 11.5 Å². The van der Waals surface area contributed by atoms with Gasteiger partial charge < -0.3 is 5.32 Å². The number of nitrogens with one attached hydrogen (secondary N) is 1. The Morgan fingerprint density at radius 1 is 1.37 bits per heavy atom. The third-order valence-electron chi connectivity index (χ3n) is 3.17. The maximum absolute atomic E-state index is 4.44. The van der Waals surface area contributed by atoms with Crippen molar-refractivity contribution in [3.8, 4) is 0 Å². The van der Waals surface area contributed by atoms with Crippen LogP contribution >= 0.6 is 15.9 Å². The molecule has 19 heavy (non-hydrogen) atoms. The van der Waals surface area contributed by atoms with Gasteiger partial charge in [-0.15, -0.1) is 0 Å². The highest BCUT2D eigenvalue weighted by atomic mass is 79.9. The molecule has 3 nitrogen and oxygen atoms in total. The second-order valence-corrected chi connectivity index (χ2v) is 5.69. The van der Waals surface area contributed by atoms with Crippen molar-refractivity contribution in [2.24, 2.45) is 7.05 Å². The summed E-state index contributed by atoms with van der Waals surface area (Å²) in [5.74, 6) is 0.